The first-order chi connectivity index (χ1) is 13.2. The third-order valence-corrected chi connectivity index (χ3v) is 4.89. The molecule has 28 heavy (non-hydrogen) atoms. The van der Waals surface area contributed by atoms with Crippen molar-refractivity contribution < 1.29 is 22.8 Å². The predicted octanol–water partition coefficient (Wildman–Crippen LogP) is 2.66. The monoisotopic (exact) mass is 390 g/mol. The molecule has 0 unspecified atom stereocenters. The smallest absolute Gasteiger partial charge is 0.368 e. The van der Waals surface area contributed by atoms with Crippen LogP contribution in [-0.4, -0.2) is 27.1 Å². The first kappa shape index (κ1) is 19.5. The number of carbonyl (C=O) groups excluding carboxylic acids is 2. The lowest BCUT2D eigenvalue weighted by molar-refractivity contribution is -0.137. The normalized spacial score (nSPS) is 15.8. The summed E-state index contributed by atoms with van der Waals surface area (Å²) in [5.74, 6) is 0.561. The van der Waals surface area contributed by atoms with Crippen LogP contribution in [0.5, 0.6) is 0 Å². The van der Waals surface area contributed by atoms with Crippen LogP contribution in [-0.2, 0) is 15.8 Å². The lowest BCUT2D eigenvalue weighted by Crippen LogP contribution is -2.58. The number of nitrogens with two attached hydrogens (primary N) is 1. The molecule has 2 amide bonds. The summed E-state index contributed by atoms with van der Waals surface area (Å²) >= 11 is 0. The lowest BCUT2D eigenvalue weighted by atomic mass is 9.93. The quantitative estimate of drug-likeness (QED) is 0.815. The van der Waals surface area contributed by atoms with Crippen LogP contribution in [0.4, 0.5) is 19.0 Å². The Bertz CT molecular complexity index is 953. The van der Waals surface area contributed by atoms with E-state index in [1.807, 2.05) is 5.92 Å². The summed E-state index contributed by atoms with van der Waals surface area (Å²) in [7, 11) is 0. The maximum Gasteiger partial charge on any atom is 0.416 e. The highest BCUT2D eigenvalue weighted by Crippen LogP contribution is 2.38. The van der Waals surface area contributed by atoms with E-state index in [0.29, 0.717) is 25.7 Å². The summed E-state index contributed by atoms with van der Waals surface area (Å²) in [5, 5.41) is 4.20. The van der Waals surface area contributed by atoms with Gasteiger partial charge in [0.05, 0.1) is 11.3 Å². The molecule has 0 radical (unpaired) electrons. The van der Waals surface area contributed by atoms with Crippen LogP contribution in [0.25, 0.3) is 5.69 Å². The zero-order chi connectivity index (χ0) is 20.5. The standard InChI is InChI=1S/C19H17F3N4O2/c1-2-16(27)26(18(17(23)28)9-3-4-10-18)15-8-11-25(24-15)14-7-5-6-13(12-14)19(20,21)22/h1,5-8,11-12H,3-4,9-10H2,(H2,23,28). The van der Waals surface area contributed by atoms with Gasteiger partial charge in [0.25, 0.3) is 0 Å². The van der Waals surface area contributed by atoms with E-state index in [-0.39, 0.29) is 11.5 Å². The Kier molecular flexibility index (Phi) is 4.89. The summed E-state index contributed by atoms with van der Waals surface area (Å²) in [5.41, 5.74) is 3.61. The van der Waals surface area contributed by atoms with Crippen LogP contribution in [0.1, 0.15) is 31.2 Å². The van der Waals surface area contributed by atoms with Gasteiger partial charge in [0.2, 0.25) is 5.91 Å². The van der Waals surface area contributed by atoms with Gasteiger partial charge < -0.3 is 5.73 Å². The second-order valence-electron chi connectivity index (χ2n) is 6.55. The number of alkyl halides is 3. The molecule has 1 saturated carbocycles. The molecule has 0 spiro atoms. The topological polar surface area (TPSA) is 81.2 Å². The number of terminal acetylenes is 1. The first-order valence-electron chi connectivity index (χ1n) is 8.53. The van der Waals surface area contributed by atoms with E-state index in [1.165, 1.54) is 29.1 Å². The van der Waals surface area contributed by atoms with Gasteiger partial charge in [-0.05, 0) is 37.0 Å². The number of hydrogen-bond acceptors (Lipinski definition) is 3. The number of benzene rings is 1. The minimum Gasteiger partial charge on any atom is -0.368 e. The number of anilines is 1. The predicted molar refractivity (Wildman–Crippen MR) is 95.3 cm³/mol. The molecule has 0 bridgehead atoms. The molecule has 1 aromatic heterocycles. The van der Waals surface area contributed by atoms with E-state index in [0.717, 1.165) is 17.0 Å². The summed E-state index contributed by atoms with van der Waals surface area (Å²) < 4.78 is 40.1. The van der Waals surface area contributed by atoms with Gasteiger partial charge in [-0.2, -0.15) is 13.2 Å². The Morgan fingerprint density at radius 1 is 1.25 bits per heavy atom. The molecule has 1 aromatic carbocycles. The fourth-order valence-corrected chi connectivity index (χ4v) is 3.52. The molecule has 0 aliphatic heterocycles. The third kappa shape index (κ3) is 3.33. The van der Waals surface area contributed by atoms with Crippen molar-refractivity contribution in [3.8, 4) is 18.0 Å². The van der Waals surface area contributed by atoms with Crippen molar-refractivity contribution in [2.24, 2.45) is 5.73 Å². The van der Waals surface area contributed by atoms with Gasteiger partial charge in [0.15, 0.2) is 5.82 Å². The minimum atomic E-state index is -4.50. The number of aromatic nitrogens is 2. The molecule has 2 N–H and O–H groups in total. The number of halogens is 3. The van der Waals surface area contributed by atoms with E-state index in [2.05, 4.69) is 5.10 Å². The maximum atomic E-state index is 13.0. The van der Waals surface area contributed by atoms with Crippen LogP contribution >= 0.6 is 0 Å². The number of primary amides is 1. The molecule has 9 heteroatoms. The summed E-state index contributed by atoms with van der Waals surface area (Å²) in [6, 6.07) is 6.00. The van der Waals surface area contributed by atoms with E-state index in [4.69, 9.17) is 12.2 Å². The number of amides is 2. The SMILES string of the molecule is C#CC(=O)N(c1ccn(-c2cccc(C(F)(F)F)c2)n1)C1(C(N)=O)CCCC1. The molecule has 1 aliphatic rings. The van der Waals surface area contributed by atoms with Crippen molar-refractivity contribution in [1.82, 2.24) is 9.78 Å². The van der Waals surface area contributed by atoms with Crippen molar-refractivity contribution in [3.63, 3.8) is 0 Å². The Labute approximate surface area is 159 Å². The molecule has 0 atom stereocenters. The Morgan fingerprint density at radius 2 is 1.93 bits per heavy atom. The van der Waals surface area contributed by atoms with Gasteiger partial charge in [-0.15, -0.1) is 11.5 Å². The molecule has 3 rings (SSSR count). The number of carbonyl (C=O) groups is 2. The average Bonchev–Trinajstić information content (AvgIpc) is 3.32. The van der Waals surface area contributed by atoms with Gasteiger partial charge in [-0.25, -0.2) is 4.68 Å². The number of nitrogens with zero attached hydrogens (tertiary/aromatic N) is 3. The van der Waals surface area contributed by atoms with Crippen molar-refractivity contribution in [2.75, 3.05) is 4.90 Å². The van der Waals surface area contributed by atoms with Crippen molar-refractivity contribution in [2.45, 2.75) is 37.4 Å². The van der Waals surface area contributed by atoms with Crippen molar-refractivity contribution in [1.29, 1.82) is 0 Å². The molecular weight excluding hydrogens is 373 g/mol. The van der Waals surface area contributed by atoms with E-state index in [1.54, 1.807) is 0 Å². The molecular formula is C19H17F3N4O2. The zero-order valence-corrected chi connectivity index (χ0v) is 14.7. The average molecular weight is 390 g/mol. The van der Waals surface area contributed by atoms with Crippen LogP contribution < -0.4 is 10.6 Å². The molecule has 1 fully saturated rings. The zero-order valence-electron chi connectivity index (χ0n) is 14.7. The fraction of sp³-hybridized carbons (Fsp3) is 0.316. The van der Waals surface area contributed by atoms with Crippen LogP contribution in [0.2, 0.25) is 0 Å². The highest BCUT2D eigenvalue weighted by atomic mass is 19.4. The second kappa shape index (κ2) is 7.03. The minimum absolute atomic E-state index is 0.0565. The van der Waals surface area contributed by atoms with Gasteiger partial charge in [-0.1, -0.05) is 18.9 Å². The lowest BCUT2D eigenvalue weighted by Gasteiger charge is -2.35. The Balaban J connectivity index is 2.04. The van der Waals surface area contributed by atoms with Crippen LogP contribution in [0.3, 0.4) is 0 Å². The van der Waals surface area contributed by atoms with E-state index in [9.17, 15) is 22.8 Å². The summed E-state index contributed by atoms with van der Waals surface area (Å²) in [4.78, 5) is 25.7. The molecule has 1 heterocycles. The van der Waals surface area contributed by atoms with E-state index < -0.39 is 29.1 Å². The fourth-order valence-electron chi connectivity index (χ4n) is 3.52. The molecule has 0 saturated heterocycles. The largest absolute Gasteiger partial charge is 0.416 e. The highest BCUT2D eigenvalue weighted by Gasteiger charge is 2.48. The molecule has 146 valence electrons. The van der Waals surface area contributed by atoms with E-state index >= 15 is 0 Å². The number of rotatable bonds is 4. The highest BCUT2D eigenvalue weighted by molar-refractivity contribution is 6.10. The second-order valence-corrected chi connectivity index (χ2v) is 6.55. The van der Waals surface area contributed by atoms with Crippen molar-refractivity contribution >= 4 is 17.6 Å². The summed E-state index contributed by atoms with van der Waals surface area (Å²) in [6.07, 6.45) is 4.21. The van der Waals surface area contributed by atoms with Gasteiger partial charge in [0, 0.05) is 12.3 Å². The first-order valence-corrected chi connectivity index (χ1v) is 8.53. The molecule has 1 aliphatic carbocycles. The van der Waals surface area contributed by atoms with Crippen LogP contribution in [0, 0.1) is 12.3 Å². The third-order valence-electron chi connectivity index (χ3n) is 4.89. The maximum absolute atomic E-state index is 13.0. The van der Waals surface area contributed by atoms with Gasteiger partial charge >= 0.3 is 12.1 Å². The summed E-state index contributed by atoms with van der Waals surface area (Å²) in [6.45, 7) is 0. The molecule has 2 aromatic rings. The van der Waals surface area contributed by atoms with Crippen LogP contribution in [0.15, 0.2) is 36.5 Å². The Morgan fingerprint density at radius 3 is 2.50 bits per heavy atom. The van der Waals surface area contributed by atoms with Gasteiger partial charge in [0.1, 0.15) is 5.54 Å². The van der Waals surface area contributed by atoms with Gasteiger partial charge in [-0.3, -0.25) is 14.5 Å². The molecule has 6 nitrogen and oxygen atoms in total. The van der Waals surface area contributed by atoms with Crippen molar-refractivity contribution in [3.05, 3.63) is 42.1 Å². The number of hydrogen-bond donors (Lipinski definition) is 1. The Hall–Kier alpha value is -3.28.